The van der Waals surface area contributed by atoms with Crippen LogP contribution in [0.2, 0.25) is 5.02 Å². The van der Waals surface area contributed by atoms with E-state index in [4.69, 9.17) is 25.8 Å². The lowest BCUT2D eigenvalue weighted by molar-refractivity contribution is 0.0907. The maximum Gasteiger partial charge on any atom is 0.193 e. The van der Waals surface area contributed by atoms with Crippen LogP contribution in [0.1, 0.15) is 17.5 Å². The number of aliphatic imine (C=N–C) groups is 1. The van der Waals surface area contributed by atoms with Crippen LogP contribution in [0.3, 0.4) is 0 Å². The molecule has 166 valence electrons. The van der Waals surface area contributed by atoms with Gasteiger partial charge in [0, 0.05) is 32.6 Å². The van der Waals surface area contributed by atoms with E-state index in [1.165, 1.54) is 5.56 Å². The monoisotopic (exact) mass is 443 g/mol. The molecule has 0 bridgehead atoms. The zero-order valence-corrected chi connectivity index (χ0v) is 18.7. The van der Waals surface area contributed by atoms with Crippen molar-refractivity contribution in [2.45, 2.75) is 19.4 Å². The van der Waals surface area contributed by atoms with Crippen molar-refractivity contribution in [2.24, 2.45) is 10.9 Å². The summed E-state index contributed by atoms with van der Waals surface area (Å²) in [5, 5.41) is 4.09. The fraction of sp³-hybridized carbons (Fsp3) is 0.458. The molecule has 2 aliphatic rings. The van der Waals surface area contributed by atoms with Gasteiger partial charge in [-0.25, -0.2) is 0 Å². The predicted molar refractivity (Wildman–Crippen MR) is 123 cm³/mol. The molecule has 2 aliphatic heterocycles. The van der Waals surface area contributed by atoms with Crippen molar-refractivity contribution in [3.8, 4) is 11.5 Å². The van der Waals surface area contributed by atoms with Gasteiger partial charge in [0.15, 0.2) is 17.5 Å². The Morgan fingerprint density at radius 2 is 2.03 bits per heavy atom. The highest BCUT2D eigenvalue weighted by Crippen LogP contribution is 2.38. The van der Waals surface area contributed by atoms with E-state index in [-0.39, 0.29) is 0 Å². The molecule has 4 rings (SSSR count). The van der Waals surface area contributed by atoms with E-state index in [1.54, 1.807) is 0 Å². The van der Waals surface area contributed by atoms with Crippen molar-refractivity contribution in [2.75, 3.05) is 46.5 Å². The molecule has 0 aromatic heterocycles. The van der Waals surface area contributed by atoms with Gasteiger partial charge in [0.25, 0.3) is 0 Å². The summed E-state index contributed by atoms with van der Waals surface area (Å²) in [6.07, 6.45) is 1.94. The van der Waals surface area contributed by atoms with Gasteiger partial charge >= 0.3 is 0 Å². The highest BCUT2D eigenvalue weighted by atomic mass is 35.5. The lowest BCUT2D eigenvalue weighted by Crippen LogP contribution is -2.41. The molecule has 7 heteroatoms. The van der Waals surface area contributed by atoms with Gasteiger partial charge in [-0.2, -0.15) is 0 Å². The van der Waals surface area contributed by atoms with E-state index in [1.807, 2.05) is 37.4 Å². The zero-order valence-electron chi connectivity index (χ0n) is 18.0. The smallest absolute Gasteiger partial charge is 0.193 e. The topological polar surface area (TPSA) is 55.3 Å². The number of benzene rings is 2. The lowest BCUT2D eigenvalue weighted by Gasteiger charge is -2.22. The van der Waals surface area contributed by atoms with E-state index < -0.39 is 0 Å². The molecule has 0 spiro atoms. The van der Waals surface area contributed by atoms with Crippen LogP contribution in [0, 0.1) is 5.92 Å². The molecule has 1 fully saturated rings. The Bertz CT molecular complexity index is 891. The summed E-state index contributed by atoms with van der Waals surface area (Å²) in [5.41, 5.74) is 2.33. The second kappa shape index (κ2) is 10.7. The Labute approximate surface area is 189 Å². The number of nitrogens with zero attached hydrogens (tertiary/aromatic N) is 2. The first-order chi connectivity index (χ1) is 15.2. The van der Waals surface area contributed by atoms with Gasteiger partial charge in [0.1, 0.15) is 13.2 Å². The molecule has 0 radical (unpaired) electrons. The number of ether oxygens (including phenoxy) is 3. The molecule has 0 amide bonds. The number of halogens is 1. The Morgan fingerprint density at radius 3 is 2.87 bits per heavy atom. The van der Waals surface area contributed by atoms with Crippen LogP contribution in [-0.2, 0) is 17.8 Å². The number of hydrogen-bond donors (Lipinski definition) is 1. The third-order valence-electron chi connectivity index (χ3n) is 5.62. The first-order valence-electron chi connectivity index (χ1n) is 10.9. The zero-order chi connectivity index (χ0) is 21.5. The quantitative estimate of drug-likeness (QED) is 0.521. The van der Waals surface area contributed by atoms with Crippen molar-refractivity contribution in [1.29, 1.82) is 0 Å². The number of nitrogens with one attached hydrogen (secondary N) is 1. The van der Waals surface area contributed by atoms with E-state index in [0.29, 0.717) is 36.5 Å². The maximum absolute atomic E-state index is 6.35. The van der Waals surface area contributed by atoms with Crippen molar-refractivity contribution in [1.82, 2.24) is 10.2 Å². The normalized spacial score (nSPS) is 18.3. The second-order valence-electron chi connectivity index (χ2n) is 7.93. The molecule has 1 atom stereocenters. The SMILES string of the molecule is CN=C(NCCc1cc(Cl)c2c(c1)OCCO2)N1CCC(COCc2ccccc2)C1. The Balaban J connectivity index is 1.21. The van der Waals surface area contributed by atoms with Crippen LogP contribution < -0.4 is 14.8 Å². The van der Waals surface area contributed by atoms with Crippen LogP contribution in [0.15, 0.2) is 47.5 Å². The van der Waals surface area contributed by atoms with Crippen molar-refractivity contribution in [3.63, 3.8) is 0 Å². The molecule has 31 heavy (non-hydrogen) atoms. The van der Waals surface area contributed by atoms with Crippen LogP contribution in [-0.4, -0.2) is 57.4 Å². The molecule has 0 saturated carbocycles. The van der Waals surface area contributed by atoms with Crippen molar-refractivity contribution < 1.29 is 14.2 Å². The highest BCUT2D eigenvalue weighted by molar-refractivity contribution is 6.32. The summed E-state index contributed by atoms with van der Waals surface area (Å²) in [4.78, 5) is 6.78. The molecular formula is C24H30ClN3O3. The Kier molecular flexibility index (Phi) is 7.54. The Hall–Kier alpha value is -2.44. The number of hydrogen-bond acceptors (Lipinski definition) is 4. The molecule has 2 heterocycles. The molecule has 1 N–H and O–H groups in total. The first-order valence-corrected chi connectivity index (χ1v) is 11.3. The number of guanidine groups is 1. The van der Waals surface area contributed by atoms with Crippen molar-refractivity contribution >= 4 is 17.6 Å². The average Bonchev–Trinajstić information content (AvgIpc) is 3.26. The van der Waals surface area contributed by atoms with E-state index in [0.717, 1.165) is 56.4 Å². The van der Waals surface area contributed by atoms with E-state index in [2.05, 4.69) is 27.3 Å². The molecule has 2 aromatic carbocycles. The fourth-order valence-electron chi connectivity index (χ4n) is 4.04. The third-order valence-corrected chi connectivity index (χ3v) is 5.90. The number of likely N-dealkylation sites (tertiary alicyclic amines) is 1. The van der Waals surface area contributed by atoms with Gasteiger partial charge < -0.3 is 24.4 Å². The second-order valence-corrected chi connectivity index (χ2v) is 8.33. The molecule has 1 saturated heterocycles. The summed E-state index contributed by atoms with van der Waals surface area (Å²) < 4.78 is 17.2. The van der Waals surface area contributed by atoms with Gasteiger partial charge in [-0.1, -0.05) is 41.9 Å². The molecule has 0 aliphatic carbocycles. The lowest BCUT2D eigenvalue weighted by atomic mass is 10.1. The summed E-state index contributed by atoms with van der Waals surface area (Å²) in [5.74, 6) is 2.85. The van der Waals surface area contributed by atoms with Gasteiger partial charge in [-0.3, -0.25) is 4.99 Å². The first kappa shape index (κ1) is 21.8. The molecule has 1 unspecified atom stereocenters. The fourth-order valence-corrected chi connectivity index (χ4v) is 4.33. The van der Waals surface area contributed by atoms with Gasteiger partial charge in [0.2, 0.25) is 0 Å². The van der Waals surface area contributed by atoms with Crippen LogP contribution in [0.4, 0.5) is 0 Å². The van der Waals surface area contributed by atoms with Gasteiger partial charge in [0.05, 0.1) is 18.2 Å². The van der Waals surface area contributed by atoms with Gasteiger partial charge in [-0.15, -0.1) is 0 Å². The maximum atomic E-state index is 6.35. The summed E-state index contributed by atoms with van der Waals surface area (Å²) in [7, 11) is 1.84. The number of rotatable bonds is 7. The molecule has 6 nitrogen and oxygen atoms in total. The summed E-state index contributed by atoms with van der Waals surface area (Å²) in [6.45, 7) is 5.27. The minimum atomic E-state index is 0.527. The van der Waals surface area contributed by atoms with Crippen LogP contribution in [0.25, 0.3) is 0 Å². The van der Waals surface area contributed by atoms with Crippen LogP contribution in [0.5, 0.6) is 11.5 Å². The average molecular weight is 444 g/mol. The Morgan fingerprint density at radius 1 is 1.19 bits per heavy atom. The minimum Gasteiger partial charge on any atom is -0.486 e. The molecule has 2 aromatic rings. The third kappa shape index (κ3) is 5.83. The van der Waals surface area contributed by atoms with Crippen LogP contribution >= 0.6 is 11.6 Å². The number of fused-ring (bicyclic) bond motifs is 1. The minimum absolute atomic E-state index is 0.527. The predicted octanol–water partition coefficient (Wildman–Crippen LogP) is 3.77. The van der Waals surface area contributed by atoms with E-state index in [9.17, 15) is 0 Å². The standard InChI is InChI=1S/C24H30ClN3O3/c1-26-24(27-9-7-19-13-21(25)23-22(14-19)30-11-12-31-23)28-10-8-20(15-28)17-29-16-18-5-3-2-4-6-18/h2-6,13-14,20H,7-12,15-17H2,1H3,(H,26,27). The largest absolute Gasteiger partial charge is 0.486 e. The summed E-state index contributed by atoms with van der Waals surface area (Å²) >= 11 is 6.35. The highest BCUT2D eigenvalue weighted by Gasteiger charge is 2.25. The van der Waals surface area contributed by atoms with E-state index >= 15 is 0 Å². The van der Waals surface area contributed by atoms with Crippen molar-refractivity contribution in [3.05, 3.63) is 58.6 Å². The molecular weight excluding hydrogens is 414 g/mol. The summed E-state index contributed by atoms with van der Waals surface area (Å²) in [6, 6.07) is 14.3. The van der Waals surface area contributed by atoms with Gasteiger partial charge in [-0.05, 0) is 36.1 Å².